The minimum atomic E-state index is 0.173. The zero-order valence-corrected chi connectivity index (χ0v) is 13.7. The summed E-state index contributed by atoms with van der Waals surface area (Å²) in [6.07, 6.45) is 1.54. The summed E-state index contributed by atoms with van der Waals surface area (Å²) in [5.74, 6) is 0. The molecule has 2 unspecified atom stereocenters. The molecule has 0 rings (SSSR count). The first kappa shape index (κ1) is 17.8. The molecule has 0 N–H and O–H groups in total. The highest BCUT2D eigenvalue weighted by Gasteiger charge is 2.22. The van der Waals surface area contributed by atoms with Gasteiger partial charge in [-0.05, 0) is 6.42 Å². The normalized spacial score (nSPS) is 16.7. The number of hydrogen-bond donors (Lipinski definition) is 0. The van der Waals surface area contributed by atoms with Gasteiger partial charge in [-0.3, -0.25) is 0 Å². The van der Waals surface area contributed by atoms with Crippen molar-refractivity contribution in [2.45, 2.75) is 25.6 Å². The van der Waals surface area contributed by atoms with Crippen LogP contribution in [0.5, 0.6) is 0 Å². The number of methoxy groups -OCH3 is 1. The van der Waals surface area contributed by atoms with Crippen LogP contribution < -0.4 is 0 Å². The van der Waals surface area contributed by atoms with Gasteiger partial charge in [0.05, 0.1) is 48.9 Å². The van der Waals surface area contributed by atoms with Gasteiger partial charge in [-0.2, -0.15) is 0 Å². The first-order valence-corrected chi connectivity index (χ1v) is 6.82. The lowest BCUT2D eigenvalue weighted by molar-refractivity contribution is -0.875. The molecule has 0 aliphatic heterocycles. The zero-order chi connectivity index (χ0) is 14.4. The third-order valence-corrected chi connectivity index (χ3v) is 2.81. The molecule has 0 radical (unpaired) electrons. The Morgan fingerprint density at radius 1 is 0.833 bits per heavy atom. The third kappa shape index (κ3) is 9.83. The molecule has 0 aliphatic rings. The quantitative estimate of drug-likeness (QED) is 0.582. The van der Waals surface area contributed by atoms with Gasteiger partial charge in [-0.1, -0.05) is 6.92 Å². The molecule has 0 saturated carbocycles. The number of hydrogen-bond acceptors (Lipinski definition) is 2. The highest BCUT2D eigenvalue weighted by molar-refractivity contribution is 4.59. The summed E-state index contributed by atoms with van der Waals surface area (Å²) in [7, 11) is 14.9. The van der Waals surface area contributed by atoms with E-state index in [1.165, 1.54) is 0 Å². The maximum Gasteiger partial charge on any atom is 0.129 e. The summed E-state index contributed by atoms with van der Waals surface area (Å²) in [6, 6.07) is 0. The topological polar surface area (TPSA) is 18.5 Å². The van der Waals surface area contributed by atoms with E-state index in [0.29, 0.717) is 12.7 Å². The Balaban J connectivity index is 4.16. The van der Waals surface area contributed by atoms with E-state index in [1.807, 2.05) is 0 Å². The maximum absolute atomic E-state index is 6.02. The van der Waals surface area contributed by atoms with Crippen molar-refractivity contribution in [3.8, 4) is 0 Å². The van der Waals surface area contributed by atoms with Crippen molar-refractivity contribution in [3.63, 3.8) is 0 Å². The molecule has 0 amide bonds. The molecule has 0 bridgehead atoms. The third-order valence-electron chi connectivity index (χ3n) is 2.81. The molecule has 4 heteroatoms. The van der Waals surface area contributed by atoms with Gasteiger partial charge >= 0.3 is 0 Å². The Morgan fingerprint density at radius 2 is 1.28 bits per heavy atom. The molecule has 0 fully saturated rings. The minimum absolute atomic E-state index is 0.173. The lowest BCUT2D eigenvalue weighted by Gasteiger charge is -2.31. The first-order valence-electron chi connectivity index (χ1n) is 6.82. The fraction of sp³-hybridized carbons (Fsp3) is 1.00. The molecule has 0 aliphatic carbocycles. The number of rotatable bonds is 9. The lowest BCUT2D eigenvalue weighted by Crippen LogP contribution is -2.46. The Morgan fingerprint density at radius 3 is 1.61 bits per heavy atom. The van der Waals surface area contributed by atoms with Crippen molar-refractivity contribution >= 4 is 0 Å². The standard InChI is InChI=1S/C14H34N2O2/c1-9-13(10-15(2,3)4)18-12-14(17-8)11-16(5,6)7/h13-14H,9-12H2,1-8H3/q+2. The van der Waals surface area contributed by atoms with E-state index in [2.05, 4.69) is 49.2 Å². The van der Waals surface area contributed by atoms with Crippen LogP contribution in [-0.2, 0) is 9.47 Å². The van der Waals surface area contributed by atoms with Crippen molar-refractivity contribution < 1.29 is 18.4 Å². The second kappa shape index (κ2) is 7.43. The predicted octanol–water partition coefficient (Wildman–Crippen LogP) is 1.21. The van der Waals surface area contributed by atoms with Crippen molar-refractivity contribution in [2.24, 2.45) is 0 Å². The molecule has 0 spiro atoms. The highest BCUT2D eigenvalue weighted by Crippen LogP contribution is 2.07. The van der Waals surface area contributed by atoms with E-state index in [1.54, 1.807) is 7.11 Å². The summed E-state index contributed by atoms with van der Waals surface area (Å²) in [4.78, 5) is 0. The van der Waals surface area contributed by atoms with Crippen LogP contribution in [0.15, 0.2) is 0 Å². The Hall–Kier alpha value is -0.160. The Kier molecular flexibility index (Phi) is 7.37. The van der Waals surface area contributed by atoms with Gasteiger partial charge in [0.25, 0.3) is 0 Å². The maximum atomic E-state index is 6.02. The van der Waals surface area contributed by atoms with Gasteiger partial charge in [-0.15, -0.1) is 0 Å². The number of ether oxygens (including phenoxy) is 2. The Labute approximate surface area is 114 Å². The fourth-order valence-electron chi connectivity index (χ4n) is 1.96. The van der Waals surface area contributed by atoms with Crippen molar-refractivity contribution in [2.75, 3.05) is 69.1 Å². The van der Waals surface area contributed by atoms with Crippen LogP contribution in [0.2, 0.25) is 0 Å². The molecule has 0 aromatic heterocycles. The monoisotopic (exact) mass is 262 g/mol. The predicted molar refractivity (Wildman–Crippen MR) is 76.6 cm³/mol. The van der Waals surface area contributed by atoms with Gasteiger partial charge in [0.2, 0.25) is 0 Å². The van der Waals surface area contributed by atoms with Crippen LogP contribution in [0, 0.1) is 0 Å². The number of likely N-dealkylation sites (N-methyl/N-ethyl adjacent to an activating group) is 2. The van der Waals surface area contributed by atoms with Gasteiger partial charge in [-0.25, -0.2) is 0 Å². The van der Waals surface area contributed by atoms with E-state index in [-0.39, 0.29) is 6.10 Å². The average molecular weight is 262 g/mol. The lowest BCUT2D eigenvalue weighted by atomic mass is 10.2. The zero-order valence-electron chi connectivity index (χ0n) is 13.7. The van der Waals surface area contributed by atoms with Crippen molar-refractivity contribution in [1.82, 2.24) is 0 Å². The fourth-order valence-corrected chi connectivity index (χ4v) is 1.96. The number of nitrogens with zero attached hydrogens (tertiary/aromatic N) is 2. The molecular formula is C14H34N2O2+2. The van der Waals surface area contributed by atoms with E-state index in [4.69, 9.17) is 9.47 Å². The Bertz CT molecular complexity index is 195. The summed E-state index contributed by atoms with van der Waals surface area (Å²) in [5.41, 5.74) is 0. The second-order valence-electron chi connectivity index (χ2n) is 7.17. The summed E-state index contributed by atoms with van der Waals surface area (Å²) in [5, 5.41) is 0. The van der Waals surface area contributed by atoms with E-state index < -0.39 is 0 Å². The largest absolute Gasteiger partial charge is 0.373 e. The molecule has 2 atom stereocenters. The van der Waals surface area contributed by atoms with E-state index >= 15 is 0 Å². The van der Waals surface area contributed by atoms with Crippen molar-refractivity contribution in [1.29, 1.82) is 0 Å². The van der Waals surface area contributed by atoms with Crippen LogP contribution in [0.3, 0.4) is 0 Å². The summed E-state index contributed by atoms with van der Waals surface area (Å²) >= 11 is 0. The van der Waals surface area contributed by atoms with Crippen LogP contribution in [0.4, 0.5) is 0 Å². The second-order valence-corrected chi connectivity index (χ2v) is 7.17. The number of quaternary nitrogens is 2. The van der Waals surface area contributed by atoms with Crippen LogP contribution >= 0.6 is 0 Å². The van der Waals surface area contributed by atoms with Gasteiger partial charge in [0.15, 0.2) is 0 Å². The van der Waals surface area contributed by atoms with Crippen LogP contribution in [0.25, 0.3) is 0 Å². The van der Waals surface area contributed by atoms with Crippen LogP contribution in [-0.4, -0.2) is 90.3 Å². The first-order chi connectivity index (χ1) is 8.07. The molecule has 4 nitrogen and oxygen atoms in total. The summed E-state index contributed by atoms with van der Waals surface area (Å²) < 4.78 is 13.4. The summed E-state index contributed by atoms with van der Waals surface area (Å²) in [6.45, 7) is 4.88. The molecule has 0 heterocycles. The molecule has 0 saturated heterocycles. The minimum Gasteiger partial charge on any atom is -0.373 e. The smallest absolute Gasteiger partial charge is 0.129 e. The van der Waals surface area contributed by atoms with E-state index in [0.717, 1.165) is 28.5 Å². The highest BCUT2D eigenvalue weighted by atomic mass is 16.5. The SMILES string of the molecule is CCC(C[N+](C)(C)C)OCC(C[N+](C)(C)C)OC. The van der Waals surface area contributed by atoms with Crippen molar-refractivity contribution in [3.05, 3.63) is 0 Å². The molecular weight excluding hydrogens is 228 g/mol. The van der Waals surface area contributed by atoms with Gasteiger partial charge in [0, 0.05) is 7.11 Å². The molecule has 18 heavy (non-hydrogen) atoms. The average Bonchev–Trinajstić information content (AvgIpc) is 2.18. The van der Waals surface area contributed by atoms with Crippen LogP contribution in [0.1, 0.15) is 13.3 Å². The van der Waals surface area contributed by atoms with Gasteiger partial charge in [0.1, 0.15) is 25.3 Å². The molecule has 0 aromatic rings. The van der Waals surface area contributed by atoms with Gasteiger partial charge < -0.3 is 18.4 Å². The van der Waals surface area contributed by atoms with E-state index in [9.17, 15) is 0 Å². The molecule has 110 valence electrons. The molecule has 0 aromatic carbocycles.